The van der Waals surface area contributed by atoms with E-state index in [1.54, 1.807) is 30.3 Å². The van der Waals surface area contributed by atoms with Crippen LogP contribution in [-0.4, -0.2) is 12.0 Å². The van der Waals surface area contributed by atoms with E-state index in [-0.39, 0.29) is 11.6 Å². The van der Waals surface area contributed by atoms with Gasteiger partial charge in [-0.05, 0) is 24.3 Å². The highest BCUT2D eigenvalue weighted by atomic mass is 35.5. The van der Waals surface area contributed by atoms with E-state index in [1.165, 1.54) is 24.3 Å². The number of nitrogens with zero attached hydrogens (tertiary/aromatic N) is 1. The van der Waals surface area contributed by atoms with Gasteiger partial charge in [0.2, 0.25) is 5.69 Å². The maximum Gasteiger partial charge on any atom is 0.461 e. The van der Waals surface area contributed by atoms with Gasteiger partial charge in [-0.3, -0.25) is 4.79 Å². The third-order valence-corrected chi connectivity index (χ3v) is 3.70. The molecule has 0 saturated carbocycles. The van der Waals surface area contributed by atoms with Crippen molar-refractivity contribution in [3.05, 3.63) is 65.3 Å². The smallest absolute Gasteiger partial charge is 0.380 e. The maximum absolute atomic E-state index is 13.0. The SMILES string of the molecule is Nc1oc(-c2ccccc2)[n+](-c2ccc(Cl)cc2)c1C(=O)C(F)(F)F. The van der Waals surface area contributed by atoms with E-state index < -0.39 is 23.5 Å². The van der Waals surface area contributed by atoms with E-state index >= 15 is 0 Å². The highest BCUT2D eigenvalue weighted by Crippen LogP contribution is 2.29. The standard InChI is InChI=1S/C17H10ClF3N2O2/c18-11-6-8-12(9-7-11)23-13(14(24)17(19,20)21)15(22)25-16(23)10-4-2-1-3-5-10/h1-9H,(H-,22,24)/p+1. The molecule has 0 unspecified atom stereocenters. The van der Waals surface area contributed by atoms with E-state index in [9.17, 15) is 18.0 Å². The lowest BCUT2D eigenvalue weighted by atomic mass is 10.2. The van der Waals surface area contributed by atoms with Gasteiger partial charge in [0.1, 0.15) is 0 Å². The Balaban J connectivity index is 2.31. The minimum atomic E-state index is -5.10. The van der Waals surface area contributed by atoms with Gasteiger partial charge < -0.3 is 10.2 Å². The van der Waals surface area contributed by atoms with Crippen LogP contribution in [0.4, 0.5) is 19.1 Å². The number of benzene rings is 2. The Morgan fingerprint density at radius 1 is 1.04 bits per heavy atom. The van der Waals surface area contributed by atoms with Crippen LogP contribution in [0.15, 0.2) is 59.0 Å². The Morgan fingerprint density at radius 3 is 2.20 bits per heavy atom. The quantitative estimate of drug-likeness (QED) is 0.557. The fourth-order valence-electron chi connectivity index (χ4n) is 2.36. The number of nitrogens with two attached hydrogens (primary N) is 1. The van der Waals surface area contributed by atoms with Crippen LogP contribution >= 0.6 is 11.6 Å². The van der Waals surface area contributed by atoms with Gasteiger partial charge in [0, 0.05) is 17.2 Å². The molecule has 1 aromatic heterocycles. The van der Waals surface area contributed by atoms with Gasteiger partial charge in [-0.15, -0.1) is 4.57 Å². The van der Waals surface area contributed by atoms with Crippen LogP contribution in [-0.2, 0) is 0 Å². The number of hydrogen-bond acceptors (Lipinski definition) is 3. The van der Waals surface area contributed by atoms with Crippen LogP contribution in [0.5, 0.6) is 0 Å². The average molecular weight is 368 g/mol. The number of hydrogen-bond donors (Lipinski definition) is 1. The third kappa shape index (κ3) is 3.23. The van der Waals surface area contributed by atoms with E-state index in [0.717, 1.165) is 4.57 Å². The van der Waals surface area contributed by atoms with Crippen LogP contribution in [0.3, 0.4) is 0 Å². The molecule has 0 radical (unpaired) electrons. The number of Topliss-reactive ketones (excluding diaryl/α,β-unsaturated/α-hetero) is 1. The monoisotopic (exact) mass is 367 g/mol. The lowest BCUT2D eigenvalue weighted by Gasteiger charge is -2.03. The van der Waals surface area contributed by atoms with Gasteiger partial charge in [-0.1, -0.05) is 29.8 Å². The zero-order chi connectivity index (χ0) is 18.2. The molecule has 0 fully saturated rings. The summed E-state index contributed by atoms with van der Waals surface area (Å²) in [6, 6.07) is 14.3. The molecule has 1 heterocycles. The van der Waals surface area contributed by atoms with Crippen molar-refractivity contribution in [2.45, 2.75) is 6.18 Å². The molecule has 2 N–H and O–H groups in total. The summed E-state index contributed by atoms with van der Waals surface area (Å²) in [7, 11) is 0. The van der Waals surface area contributed by atoms with Crippen molar-refractivity contribution in [1.82, 2.24) is 0 Å². The molecule has 3 aromatic rings. The van der Waals surface area contributed by atoms with E-state index in [4.69, 9.17) is 21.8 Å². The largest absolute Gasteiger partial charge is 0.461 e. The number of oxazole rings is 1. The predicted octanol–water partition coefficient (Wildman–Crippen LogP) is 4.20. The molecule has 0 aliphatic rings. The number of rotatable bonds is 3. The first-order chi connectivity index (χ1) is 11.8. The summed E-state index contributed by atoms with van der Waals surface area (Å²) in [5.41, 5.74) is 5.55. The van der Waals surface area contributed by atoms with Crippen LogP contribution < -0.4 is 10.3 Å². The molecule has 3 rings (SSSR count). The van der Waals surface area contributed by atoms with Gasteiger partial charge >= 0.3 is 23.5 Å². The summed E-state index contributed by atoms with van der Waals surface area (Å²) in [6.45, 7) is 0. The lowest BCUT2D eigenvalue weighted by Crippen LogP contribution is -2.41. The molecule has 0 bridgehead atoms. The molecule has 0 aliphatic carbocycles. The second-order valence-corrected chi connectivity index (χ2v) is 5.56. The molecule has 0 atom stereocenters. The Labute approximate surface area is 145 Å². The fourth-order valence-corrected chi connectivity index (χ4v) is 2.49. The van der Waals surface area contributed by atoms with Crippen molar-refractivity contribution in [3.8, 4) is 17.1 Å². The van der Waals surface area contributed by atoms with Gasteiger partial charge in [0.15, 0.2) is 0 Å². The van der Waals surface area contributed by atoms with Gasteiger partial charge in [0.25, 0.3) is 5.88 Å². The summed E-state index contributed by atoms with van der Waals surface area (Å²) in [4.78, 5) is 11.9. The number of alkyl halides is 3. The average Bonchev–Trinajstić information content (AvgIpc) is 2.92. The molecule has 8 heteroatoms. The maximum atomic E-state index is 13.0. The van der Waals surface area contributed by atoms with Gasteiger partial charge in [0.05, 0.1) is 5.56 Å². The minimum Gasteiger partial charge on any atom is -0.380 e. The lowest BCUT2D eigenvalue weighted by molar-refractivity contribution is -0.589. The van der Waals surface area contributed by atoms with Crippen LogP contribution in [0.1, 0.15) is 10.5 Å². The fraction of sp³-hybridized carbons (Fsp3) is 0.0588. The number of aromatic nitrogens is 1. The molecule has 0 amide bonds. The topological polar surface area (TPSA) is 60.1 Å². The van der Waals surface area contributed by atoms with Crippen molar-refractivity contribution < 1.29 is 27.0 Å². The zero-order valence-corrected chi connectivity index (χ0v) is 13.3. The van der Waals surface area contributed by atoms with E-state index in [0.29, 0.717) is 10.6 Å². The summed E-state index contributed by atoms with van der Waals surface area (Å²) in [5, 5.41) is 0.394. The first-order valence-electron chi connectivity index (χ1n) is 7.06. The van der Waals surface area contributed by atoms with Crippen molar-refractivity contribution in [2.24, 2.45) is 0 Å². The van der Waals surface area contributed by atoms with Gasteiger partial charge in [-0.25, -0.2) is 0 Å². The molecule has 128 valence electrons. The molecular weight excluding hydrogens is 357 g/mol. The summed E-state index contributed by atoms with van der Waals surface area (Å²) >= 11 is 5.83. The minimum absolute atomic E-state index is 0.00743. The number of nitrogen functional groups attached to an aromatic ring is 1. The van der Waals surface area contributed by atoms with Crippen molar-refractivity contribution in [1.29, 1.82) is 0 Å². The molecule has 0 saturated heterocycles. The number of halogens is 4. The Bertz CT molecular complexity index is 920. The molecule has 4 nitrogen and oxygen atoms in total. The Kier molecular flexibility index (Phi) is 4.26. The third-order valence-electron chi connectivity index (χ3n) is 3.44. The molecule has 25 heavy (non-hydrogen) atoms. The number of anilines is 1. The van der Waals surface area contributed by atoms with Crippen LogP contribution in [0.2, 0.25) is 5.02 Å². The van der Waals surface area contributed by atoms with Crippen LogP contribution in [0.25, 0.3) is 17.1 Å². The first kappa shape index (κ1) is 17.0. The Hall–Kier alpha value is -2.80. The first-order valence-corrected chi connectivity index (χ1v) is 7.44. The molecular formula is C17H11ClF3N2O2+. The summed E-state index contributed by atoms with van der Waals surface area (Å²) in [6.07, 6.45) is -5.10. The highest BCUT2D eigenvalue weighted by Gasteiger charge is 2.49. The number of ketones is 1. The Morgan fingerprint density at radius 2 is 1.64 bits per heavy atom. The van der Waals surface area contributed by atoms with Gasteiger partial charge in [-0.2, -0.15) is 13.2 Å². The summed E-state index contributed by atoms with van der Waals surface area (Å²) in [5.74, 6) is -2.70. The van der Waals surface area contributed by atoms with E-state index in [1.807, 2.05) is 0 Å². The predicted molar refractivity (Wildman–Crippen MR) is 85.5 cm³/mol. The number of carbonyl (C=O) groups excluding carboxylic acids is 1. The molecule has 0 aliphatic heterocycles. The van der Waals surface area contributed by atoms with Crippen molar-refractivity contribution in [3.63, 3.8) is 0 Å². The summed E-state index contributed by atoms with van der Waals surface area (Å²) < 4.78 is 45.4. The second-order valence-electron chi connectivity index (χ2n) is 5.12. The molecule has 2 aromatic carbocycles. The highest BCUT2D eigenvalue weighted by molar-refractivity contribution is 6.30. The van der Waals surface area contributed by atoms with Crippen LogP contribution in [0, 0.1) is 0 Å². The second kappa shape index (κ2) is 6.25. The van der Waals surface area contributed by atoms with Crippen molar-refractivity contribution in [2.75, 3.05) is 5.73 Å². The molecule has 0 spiro atoms. The zero-order valence-electron chi connectivity index (χ0n) is 12.5. The van der Waals surface area contributed by atoms with E-state index in [2.05, 4.69) is 0 Å². The normalized spacial score (nSPS) is 11.5. The number of carbonyl (C=O) groups is 1. The van der Waals surface area contributed by atoms with Crippen molar-refractivity contribution >= 4 is 23.3 Å².